The molecule has 0 unspecified atom stereocenters. The molecule has 1 fully saturated rings. The van der Waals surface area contributed by atoms with Crippen molar-refractivity contribution in [2.45, 2.75) is 13.2 Å². The molecule has 0 amide bonds. The predicted molar refractivity (Wildman–Crippen MR) is 114 cm³/mol. The van der Waals surface area contributed by atoms with Gasteiger partial charge in [-0.15, -0.1) is 0 Å². The van der Waals surface area contributed by atoms with Gasteiger partial charge >= 0.3 is 13.1 Å². The molecule has 2 heterocycles. The molecule has 2 aromatic carbocycles. The maximum atomic E-state index is 6.03. The number of hydrogen-bond donors (Lipinski definition) is 1. The van der Waals surface area contributed by atoms with Crippen LogP contribution in [0.2, 0.25) is 0 Å². The normalized spacial score (nSPS) is 14.6. The van der Waals surface area contributed by atoms with Crippen LogP contribution in [0.25, 0.3) is 0 Å². The first kappa shape index (κ1) is 20.3. The van der Waals surface area contributed by atoms with Gasteiger partial charge in [-0.05, 0) is 11.1 Å². The minimum absolute atomic E-state index is 0.248. The monoisotopic (exact) mass is 405 g/mol. The average molecular weight is 405 g/mol. The standard InChI is InChI=1S/C22H24BN3O4/c1-3-7-18(8-4-1)16-27-21-20(23-29-13-11-24-12-14-30-23)15-25-22(26-21)28-17-19-9-5-2-6-10-19/h1-10,15,24H,11-14,16-17H2. The van der Waals surface area contributed by atoms with Crippen molar-refractivity contribution < 1.29 is 18.8 Å². The highest BCUT2D eigenvalue weighted by molar-refractivity contribution is 6.62. The van der Waals surface area contributed by atoms with Gasteiger partial charge in [0.1, 0.15) is 13.2 Å². The molecule has 7 nitrogen and oxygen atoms in total. The van der Waals surface area contributed by atoms with E-state index in [0.29, 0.717) is 37.8 Å². The fourth-order valence-corrected chi connectivity index (χ4v) is 2.98. The van der Waals surface area contributed by atoms with Gasteiger partial charge in [0.05, 0.1) is 5.46 Å². The fourth-order valence-electron chi connectivity index (χ4n) is 2.98. The summed E-state index contributed by atoms with van der Waals surface area (Å²) < 4.78 is 23.5. The Labute approximate surface area is 176 Å². The Morgan fingerprint density at radius 2 is 1.43 bits per heavy atom. The molecule has 154 valence electrons. The summed E-state index contributed by atoms with van der Waals surface area (Å²) in [5.74, 6) is 0.399. The quantitative estimate of drug-likeness (QED) is 0.603. The number of nitrogens with zero attached hydrogens (tertiary/aromatic N) is 2. The number of ether oxygens (including phenoxy) is 2. The molecule has 0 bridgehead atoms. The van der Waals surface area contributed by atoms with E-state index in [9.17, 15) is 0 Å². The lowest BCUT2D eigenvalue weighted by atomic mass is 9.80. The second-order valence-corrected chi connectivity index (χ2v) is 6.79. The van der Waals surface area contributed by atoms with Crippen LogP contribution in [-0.2, 0) is 22.5 Å². The summed E-state index contributed by atoms with van der Waals surface area (Å²) in [7, 11) is -0.582. The molecule has 30 heavy (non-hydrogen) atoms. The molecular formula is C22H24BN3O4. The molecule has 0 radical (unpaired) electrons. The zero-order valence-electron chi connectivity index (χ0n) is 16.7. The molecule has 3 aromatic rings. The van der Waals surface area contributed by atoms with Crippen LogP contribution in [-0.4, -0.2) is 43.4 Å². The first-order chi connectivity index (χ1) is 14.9. The van der Waals surface area contributed by atoms with E-state index >= 15 is 0 Å². The molecule has 0 atom stereocenters. The van der Waals surface area contributed by atoms with E-state index in [1.165, 1.54) is 0 Å². The topological polar surface area (TPSA) is 74.7 Å². The molecule has 0 aliphatic carbocycles. The molecule has 1 saturated heterocycles. The Kier molecular flexibility index (Phi) is 7.28. The number of nitrogens with one attached hydrogen (secondary N) is 1. The first-order valence-corrected chi connectivity index (χ1v) is 10.0. The number of aromatic nitrogens is 2. The summed E-state index contributed by atoms with van der Waals surface area (Å²) in [5.41, 5.74) is 2.73. The van der Waals surface area contributed by atoms with Crippen LogP contribution in [0.5, 0.6) is 11.9 Å². The van der Waals surface area contributed by atoms with Crippen molar-refractivity contribution in [2.24, 2.45) is 0 Å². The molecule has 1 aromatic heterocycles. The Morgan fingerprint density at radius 1 is 0.833 bits per heavy atom. The Morgan fingerprint density at radius 3 is 2.07 bits per heavy atom. The van der Waals surface area contributed by atoms with E-state index in [0.717, 1.165) is 24.2 Å². The third-order valence-electron chi connectivity index (χ3n) is 4.54. The van der Waals surface area contributed by atoms with E-state index in [2.05, 4.69) is 15.3 Å². The van der Waals surface area contributed by atoms with E-state index in [1.54, 1.807) is 6.20 Å². The van der Waals surface area contributed by atoms with Crippen LogP contribution in [0, 0.1) is 0 Å². The number of hydrogen-bond acceptors (Lipinski definition) is 7. The van der Waals surface area contributed by atoms with Crippen LogP contribution in [0.3, 0.4) is 0 Å². The van der Waals surface area contributed by atoms with Crippen molar-refractivity contribution in [1.82, 2.24) is 15.3 Å². The third-order valence-corrected chi connectivity index (χ3v) is 4.54. The lowest BCUT2D eigenvalue weighted by Crippen LogP contribution is -2.44. The highest BCUT2D eigenvalue weighted by atomic mass is 16.6. The molecule has 1 aliphatic heterocycles. The third kappa shape index (κ3) is 5.79. The lowest BCUT2D eigenvalue weighted by molar-refractivity contribution is 0.185. The van der Waals surface area contributed by atoms with Gasteiger partial charge in [0, 0.05) is 32.5 Å². The van der Waals surface area contributed by atoms with Crippen LogP contribution in [0.1, 0.15) is 11.1 Å². The van der Waals surface area contributed by atoms with E-state index in [-0.39, 0.29) is 6.01 Å². The van der Waals surface area contributed by atoms with Crippen LogP contribution in [0.15, 0.2) is 66.9 Å². The second-order valence-electron chi connectivity index (χ2n) is 6.79. The molecule has 1 aliphatic rings. The van der Waals surface area contributed by atoms with E-state index in [1.807, 2.05) is 60.7 Å². The van der Waals surface area contributed by atoms with Gasteiger partial charge in [-0.1, -0.05) is 60.7 Å². The van der Waals surface area contributed by atoms with Gasteiger partial charge < -0.3 is 24.1 Å². The van der Waals surface area contributed by atoms with Gasteiger partial charge in [-0.25, -0.2) is 4.98 Å². The summed E-state index contributed by atoms with van der Waals surface area (Å²) in [4.78, 5) is 8.85. The first-order valence-electron chi connectivity index (χ1n) is 10.0. The maximum Gasteiger partial charge on any atom is 0.501 e. The molecular weight excluding hydrogens is 381 g/mol. The zero-order chi connectivity index (χ0) is 20.4. The van der Waals surface area contributed by atoms with Crippen molar-refractivity contribution in [3.63, 3.8) is 0 Å². The zero-order valence-corrected chi connectivity index (χ0v) is 16.7. The molecule has 4 rings (SSSR count). The van der Waals surface area contributed by atoms with Gasteiger partial charge in [-0.2, -0.15) is 4.98 Å². The summed E-state index contributed by atoms with van der Waals surface area (Å²) in [6.45, 7) is 3.32. The van der Waals surface area contributed by atoms with Gasteiger partial charge in [0.2, 0.25) is 5.88 Å². The summed E-state index contributed by atoms with van der Waals surface area (Å²) in [6, 6.07) is 20.1. The minimum atomic E-state index is -0.582. The van der Waals surface area contributed by atoms with Gasteiger partial charge in [-0.3, -0.25) is 0 Å². The van der Waals surface area contributed by atoms with Crippen LogP contribution >= 0.6 is 0 Å². The van der Waals surface area contributed by atoms with Crippen molar-refractivity contribution >= 4 is 12.6 Å². The van der Waals surface area contributed by atoms with Crippen LogP contribution in [0.4, 0.5) is 0 Å². The minimum Gasteiger partial charge on any atom is -0.473 e. The molecule has 0 spiro atoms. The molecule has 0 saturated carbocycles. The fraction of sp³-hybridized carbons (Fsp3) is 0.273. The smallest absolute Gasteiger partial charge is 0.473 e. The van der Waals surface area contributed by atoms with Gasteiger partial charge in [0.15, 0.2) is 0 Å². The molecule has 8 heteroatoms. The van der Waals surface area contributed by atoms with Crippen LogP contribution < -0.4 is 20.3 Å². The predicted octanol–water partition coefficient (Wildman–Crippen LogP) is 1.97. The molecule has 1 N–H and O–H groups in total. The van der Waals surface area contributed by atoms with Crippen molar-refractivity contribution in [2.75, 3.05) is 26.3 Å². The average Bonchev–Trinajstić information content (AvgIpc) is 2.78. The number of rotatable bonds is 7. The second kappa shape index (κ2) is 10.7. The Hall–Kier alpha value is -2.94. The van der Waals surface area contributed by atoms with Crippen molar-refractivity contribution in [3.05, 3.63) is 78.0 Å². The summed E-state index contributed by atoms with van der Waals surface area (Å²) in [6.07, 6.45) is 1.66. The summed E-state index contributed by atoms with van der Waals surface area (Å²) >= 11 is 0. The van der Waals surface area contributed by atoms with E-state index < -0.39 is 7.12 Å². The highest BCUT2D eigenvalue weighted by Gasteiger charge is 2.28. The van der Waals surface area contributed by atoms with Crippen molar-refractivity contribution in [3.8, 4) is 11.9 Å². The SMILES string of the molecule is c1ccc(COc2ncc(B3OCCNCCO3)c(OCc3ccccc3)n2)cc1. The highest BCUT2D eigenvalue weighted by Crippen LogP contribution is 2.14. The van der Waals surface area contributed by atoms with E-state index in [4.69, 9.17) is 18.8 Å². The van der Waals surface area contributed by atoms with Gasteiger partial charge in [0.25, 0.3) is 0 Å². The van der Waals surface area contributed by atoms with Crippen molar-refractivity contribution in [1.29, 1.82) is 0 Å². The maximum absolute atomic E-state index is 6.03. The Bertz CT molecular complexity index is 907. The largest absolute Gasteiger partial charge is 0.501 e. The number of benzene rings is 2. The lowest BCUT2D eigenvalue weighted by Gasteiger charge is -2.20. The Balaban J connectivity index is 1.52. The summed E-state index contributed by atoms with van der Waals surface area (Å²) in [5, 5.41) is 3.23.